The molecule has 2 N–H and O–H groups in total. The van der Waals surface area contributed by atoms with Crippen molar-refractivity contribution in [1.29, 1.82) is 0 Å². The molecule has 0 spiro atoms. The van der Waals surface area contributed by atoms with Crippen molar-refractivity contribution < 1.29 is 4.79 Å². The van der Waals surface area contributed by atoms with Crippen LogP contribution in [0.4, 0.5) is 0 Å². The fraction of sp³-hybridized carbons (Fsp3) is 0.588. The molecule has 2 rings (SSSR count). The predicted molar refractivity (Wildman–Crippen MR) is 82.2 cm³/mol. The van der Waals surface area contributed by atoms with E-state index in [0.717, 1.165) is 37.3 Å². The Labute approximate surface area is 122 Å². The normalized spacial score (nSPS) is 24.4. The first-order valence-electron chi connectivity index (χ1n) is 7.68. The number of amides is 1. The Morgan fingerprint density at radius 3 is 2.70 bits per heavy atom. The zero-order valence-corrected chi connectivity index (χ0v) is 12.6. The Balaban J connectivity index is 1.83. The predicted octanol–water partition coefficient (Wildman–Crippen LogP) is 3.11. The molecule has 1 heterocycles. The van der Waals surface area contributed by atoms with Gasteiger partial charge in [0.15, 0.2) is 0 Å². The number of hydrogen-bond acceptors (Lipinski definition) is 2. The third kappa shape index (κ3) is 3.83. The van der Waals surface area contributed by atoms with Gasteiger partial charge in [-0.3, -0.25) is 4.79 Å². The third-order valence-corrected chi connectivity index (χ3v) is 4.36. The van der Waals surface area contributed by atoms with Crippen LogP contribution in [-0.2, 0) is 4.79 Å². The highest BCUT2D eigenvalue weighted by Crippen LogP contribution is 2.24. The Morgan fingerprint density at radius 1 is 1.35 bits per heavy atom. The molecule has 1 aliphatic heterocycles. The average Bonchev–Trinajstić information content (AvgIpc) is 2.45. The van der Waals surface area contributed by atoms with E-state index < -0.39 is 0 Å². The van der Waals surface area contributed by atoms with Crippen molar-refractivity contribution >= 4 is 5.91 Å². The Bertz CT molecular complexity index is 432. The van der Waals surface area contributed by atoms with Gasteiger partial charge < -0.3 is 10.6 Å². The summed E-state index contributed by atoms with van der Waals surface area (Å²) in [6, 6.07) is 10.4. The van der Waals surface area contributed by atoms with E-state index in [-0.39, 0.29) is 11.9 Å². The largest absolute Gasteiger partial charge is 0.340 e. The molecule has 3 unspecified atom stereocenters. The maximum absolute atomic E-state index is 12.3. The molecule has 0 aromatic heterocycles. The highest BCUT2D eigenvalue weighted by Gasteiger charge is 2.26. The van der Waals surface area contributed by atoms with Gasteiger partial charge in [-0.15, -0.1) is 0 Å². The molecule has 1 saturated heterocycles. The van der Waals surface area contributed by atoms with Crippen molar-refractivity contribution in [1.82, 2.24) is 4.90 Å². The minimum Gasteiger partial charge on any atom is -0.340 e. The Hall–Kier alpha value is -1.35. The molecule has 3 heteroatoms. The monoisotopic (exact) mass is 274 g/mol. The van der Waals surface area contributed by atoms with E-state index in [9.17, 15) is 4.79 Å². The molecular weight excluding hydrogens is 248 g/mol. The highest BCUT2D eigenvalue weighted by atomic mass is 16.2. The van der Waals surface area contributed by atoms with Crippen molar-refractivity contribution in [3.8, 4) is 0 Å². The highest BCUT2D eigenvalue weighted by molar-refractivity contribution is 5.76. The second-order valence-corrected chi connectivity index (χ2v) is 6.12. The molecule has 1 fully saturated rings. The summed E-state index contributed by atoms with van der Waals surface area (Å²) < 4.78 is 0. The first-order valence-corrected chi connectivity index (χ1v) is 7.68. The average molecular weight is 274 g/mol. The van der Waals surface area contributed by atoms with Gasteiger partial charge in [0.05, 0.1) is 0 Å². The van der Waals surface area contributed by atoms with Crippen molar-refractivity contribution in [3.05, 3.63) is 35.9 Å². The number of nitrogens with two attached hydrogens (primary N) is 1. The van der Waals surface area contributed by atoms with Crippen LogP contribution in [-0.4, -0.2) is 23.4 Å². The molecule has 110 valence electrons. The van der Waals surface area contributed by atoms with Gasteiger partial charge in [0.1, 0.15) is 0 Å². The lowest BCUT2D eigenvalue weighted by Gasteiger charge is -2.36. The fourth-order valence-electron chi connectivity index (χ4n) is 3.07. The summed E-state index contributed by atoms with van der Waals surface area (Å²) in [4.78, 5) is 14.4. The van der Waals surface area contributed by atoms with E-state index in [1.165, 1.54) is 0 Å². The van der Waals surface area contributed by atoms with Crippen LogP contribution >= 0.6 is 0 Å². The van der Waals surface area contributed by atoms with E-state index >= 15 is 0 Å². The minimum absolute atomic E-state index is 0.0424. The van der Waals surface area contributed by atoms with Crippen LogP contribution in [0.1, 0.15) is 51.1 Å². The molecule has 0 radical (unpaired) electrons. The van der Waals surface area contributed by atoms with Crippen LogP contribution in [0.3, 0.4) is 0 Å². The molecule has 3 nitrogen and oxygen atoms in total. The molecule has 1 aromatic rings. The van der Waals surface area contributed by atoms with Crippen LogP contribution in [0.15, 0.2) is 30.3 Å². The lowest BCUT2D eigenvalue weighted by molar-refractivity contribution is -0.135. The van der Waals surface area contributed by atoms with E-state index in [0.29, 0.717) is 12.5 Å². The third-order valence-electron chi connectivity index (χ3n) is 4.36. The van der Waals surface area contributed by atoms with Crippen LogP contribution < -0.4 is 5.73 Å². The number of carbonyl (C=O) groups is 1. The van der Waals surface area contributed by atoms with Crippen molar-refractivity contribution in [2.24, 2.45) is 11.7 Å². The molecule has 0 aliphatic carbocycles. The fourth-order valence-corrected chi connectivity index (χ4v) is 3.07. The van der Waals surface area contributed by atoms with E-state index in [2.05, 4.69) is 13.8 Å². The van der Waals surface area contributed by atoms with Gasteiger partial charge in [-0.1, -0.05) is 37.3 Å². The second kappa shape index (κ2) is 6.89. The first-order chi connectivity index (χ1) is 9.58. The van der Waals surface area contributed by atoms with Gasteiger partial charge in [0, 0.05) is 25.0 Å². The van der Waals surface area contributed by atoms with Gasteiger partial charge in [-0.25, -0.2) is 0 Å². The molecule has 0 bridgehead atoms. The van der Waals surface area contributed by atoms with Gasteiger partial charge in [0.25, 0.3) is 0 Å². The molecule has 1 aromatic carbocycles. The van der Waals surface area contributed by atoms with Crippen LogP contribution in [0.5, 0.6) is 0 Å². The van der Waals surface area contributed by atoms with Gasteiger partial charge in [-0.05, 0) is 37.7 Å². The van der Waals surface area contributed by atoms with Crippen molar-refractivity contribution in [3.63, 3.8) is 0 Å². The summed E-state index contributed by atoms with van der Waals surface area (Å²) in [5.74, 6) is 0.997. The maximum Gasteiger partial charge on any atom is 0.222 e. The summed E-state index contributed by atoms with van der Waals surface area (Å²) in [6.45, 7) is 5.33. The molecule has 20 heavy (non-hydrogen) atoms. The van der Waals surface area contributed by atoms with E-state index in [1.807, 2.05) is 35.2 Å². The summed E-state index contributed by atoms with van der Waals surface area (Å²) in [5.41, 5.74) is 7.27. The molecule has 1 aliphatic rings. The zero-order chi connectivity index (χ0) is 14.5. The molecule has 1 amide bonds. The second-order valence-electron chi connectivity index (χ2n) is 6.12. The van der Waals surface area contributed by atoms with Gasteiger partial charge >= 0.3 is 0 Å². The number of likely N-dealkylation sites (tertiary alicyclic amines) is 1. The van der Waals surface area contributed by atoms with Gasteiger partial charge in [0.2, 0.25) is 5.91 Å². The number of hydrogen-bond donors (Lipinski definition) is 1. The number of benzene rings is 1. The lowest BCUT2D eigenvalue weighted by atomic mass is 9.93. The van der Waals surface area contributed by atoms with Gasteiger partial charge in [-0.2, -0.15) is 0 Å². The summed E-state index contributed by atoms with van der Waals surface area (Å²) in [7, 11) is 0. The van der Waals surface area contributed by atoms with E-state index in [4.69, 9.17) is 5.73 Å². The Kier molecular flexibility index (Phi) is 5.18. The zero-order valence-electron chi connectivity index (χ0n) is 12.6. The SMILES string of the molecule is CC1CCN(C(=O)CCC(N)c2ccccc2)C(C)C1. The maximum atomic E-state index is 12.3. The summed E-state index contributed by atoms with van der Waals surface area (Å²) >= 11 is 0. The molecular formula is C17H26N2O. The lowest BCUT2D eigenvalue weighted by Crippen LogP contribution is -2.44. The quantitative estimate of drug-likeness (QED) is 0.917. The Morgan fingerprint density at radius 2 is 2.05 bits per heavy atom. The number of carbonyl (C=O) groups excluding carboxylic acids is 1. The van der Waals surface area contributed by atoms with Crippen LogP contribution in [0, 0.1) is 5.92 Å². The number of rotatable bonds is 4. The topological polar surface area (TPSA) is 46.3 Å². The minimum atomic E-state index is -0.0424. The summed E-state index contributed by atoms with van der Waals surface area (Å²) in [5, 5.41) is 0. The molecule has 0 saturated carbocycles. The van der Waals surface area contributed by atoms with Crippen LogP contribution in [0.25, 0.3) is 0 Å². The number of nitrogens with zero attached hydrogens (tertiary/aromatic N) is 1. The van der Waals surface area contributed by atoms with E-state index in [1.54, 1.807) is 0 Å². The molecule has 3 atom stereocenters. The summed E-state index contributed by atoms with van der Waals surface area (Å²) in [6.07, 6.45) is 3.52. The van der Waals surface area contributed by atoms with Crippen LogP contribution in [0.2, 0.25) is 0 Å². The number of piperidine rings is 1. The smallest absolute Gasteiger partial charge is 0.222 e. The first kappa shape index (κ1) is 15.0. The van der Waals surface area contributed by atoms with Crippen molar-refractivity contribution in [2.75, 3.05) is 6.54 Å². The van der Waals surface area contributed by atoms with Crippen molar-refractivity contribution in [2.45, 2.75) is 51.6 Å². The standard InChI is InChI=1S/C17H26N2O/c1-13-10-11-19(14(2)12-13)17(20)9-8-16(18)15-6-4-3-5-7-15/h3-7,13-14,16H,8-12,18H2,1-2H3.